The van der Waals surface area contributed by atoms with Gasteiger partial charge in [-0.3, -0.25) is 0 Å². The lowest BCUT2D eigenvalue weighted by Gasteiger charge is -2.33. The largest absolute Gasteiger partial charge is 0.487 e. The highest BCUT2D eigenvalue weighted by atomic mass is 19.1. The van der Waals surface area contributed by atoms with E-state index in [4.69, 9.17) is 9.47 Å². The second-order valence-electron chi connectivity index (χ2n) is 7.26. The first kappa shape index (κ1) is 18.2. The van der Waals surface area contributed by atoms with Crippen LogP contribution in [0.2, 0.25) is 0 Å². The molecule has 0 radical (unpaired) electrons. The highest BCUT2D eigenvalue weighted by Gasteiger charge is 2.35. The Morgan fingerprint density at radius 2 is 1.85 bits per heavy atom. The third-order valence-electron chi connectivity index (χ3n) is 4.10. The number of hydrogen-bond donors (Lipinski definition) is 0. The second kappa shape index (κ2) is 6.59. The molecule has 2 aliphatic heterocycles. The van der Waals surface area contributed by atoms with Gasteiger partial charge in [0.1, 0.15) is 17.3 Å². The summed E-state index contributed by atoms with van der Waals surface area (Å²) in [6.45, 7) is 6.24. The van der Waals surface area contributed by atoms with Gasteiger partial charge in [-0.05, 0) is 32.9 Å². The predicted molar refractivity (Wildman–Crippen MR) is 87.6 cm³/mol. The first-order valence-corrected chi connectivity index (χ1v) is 8.39. The summed E-state index contributed by atoms with van der Waals surface area (Å²) in [4.78, 5) is 36.6. The molecule has 140 valence electrons. The summed E-state index contributed by atoms with van der Waals surface area (Å²) in [5.41, 5.74) is -1.05. The minimum atomic E-state index is -1.01. The number of rotatable bonds is 2. The van der Waals surface area contributed by atoms with Gasteiger partial charge in [-0.2, -0.15) is 0 Å². The molecule has 1 fully saturated rings. The maximum Gasteiger partial charge on any atom is 0.410 e. The van der Waals surface area contributed by atoms with Crippen LogP contribution in [0, 0.1) is 5.82 Å². The van der Waals surface area contributed by atoms with Gasteiger partial charge in [0.15, 0.2) is 11.6 Å². The van der Waals surface area contributed by atoms with E-state index >= 15 is 0 Å². The summed E-state index contributed by atoms with van der Waals surface area (Å²) in [5.74, 6) is -2.87. The zero-order valence-corrected chi connectivity index (χ0v) is 14.8. The number of fused-ring (bicyclic) bond motifs is 1. The third kappa shape index (κ3) is 3.63. The number of amides is 1. The quantitative estimate of drug-likeness (QED) is 0.592. The molecule has 1 amide bonds. The van der Waals surface area contributed by atoms with Gasteiger partial charge in [0.05, 0.1) is 5.56 Å². The van der Waals surface area contributed by atoms with Gasteiger partial charge in [0.2, 0.25) is 0 Å². The maximum absolute atomic E-state index is 14.5. The molecule has 0 spiro atoms. The van der Waals surface area contributed by atoms with Gasteiger partial charge in [0, 0.05) is 25.9 Å². The number of piperidine rings is 1. The highest BCUT2D eigenvalue weighted by molar-refractivity contribution is 6.15. The highest BCUT2D eigenvalue weighted by Crippen LogP contribution is 2.31. The number of likely N-dealkylation sites (tertiary alicyclic amines) is 1. The Hall–Kier alpha value is -2.64. The van der Waals surface area contributed by atoms with Crippen molar-refractivity contribution in [2.24, 2.45) is 0 Å². The number of cyclic esters (lactones) is 2. The van der Waals surface area contributed by atoms with Crippen molar-refractivity contribution in [2.45, 2.75) is 45.3 Å². The van der Waals surface area contributed by atoms with Crippen molar-refractivity contribution < 1.29 is 33.0 Å². The topological polar surface area (TPSA) is 82.1 Å². The van der Waals surface area contributed by atoms with Crippen molar-refractivity contribution in [1.82, 2.24) is 4.90 Å². The molecule has 7 nitrogen and oxygen atoms in total. The van der Waals surface area contributed by atoms with E-state index in [1.807, 2.05) is 0 Å². The van der Waals surface area contributed by atoms with E-state index in [1.54, 1.807) is 25.7 Å². The normalized spacial score (nSPS) is 17.8. The number of hydrogen-bond acceptors (Lipinski definition) is 6. The Kier molecular flexibility index (Phi) is 4.60. The lowest BCUT2D eigenvalue weighted by Crippen LogP contribution is -2.44. The second-order valence-corrected chi connectivity index (χ2v) is 7.26. The van der Waals surface area contributed by atoms with Crippen LogP contribution < -0.4 is 4.74 Å². The lowest BCUT2D eigenvalue weighted by atomic mass is 10.1. The van der Waals surface area contributed by atoms with Gasteiger partial charge in [-0.15, -0.1) is 0 Å². The number of carbonyl (C=O) groups is 3. The van der Waals surface area contributed by atoms with Gasteiger partial charge in [0.25, 0.3) is 0 Å². The molecule has 26 heavy (non-hydrogen) atoms. The summed E-state index contributed by atoms with van der Waals surface area (Å²) >= 11 is 0. The molecule has 3 rings (SSSR count). The van der Waals surface area contributed by atoms with Gasteiger partial charge in [-0.25, -0.2) is 18.8 Å². The van der Waals surface area contributed by atoms with Crippen LogP contribution in [0.4, 0.5) is 9.18 Å². The fraction of sp³-hybridized carbons (Fsp3) is 0.500. The monoisotopic (exact) mass is 365 g/mol. The van der Waals surface area contributed by atoms with E-state index in [0.717, 1.165) is 0 Å². The Labute approximate surface area is 150 Å². The van der Waals surface area contributed by atoms with Gasteiger partial charge < -0.3 is 19.1 Å². The molecule has 0 aliphatic carbocycles. The van der Waals surface area contributed by atoms with Crippen LogP contribution in [0.25, 0.3) is 0 Å². The molecular weight excluding hydrogens is 345 g/mol. The van der Waals surface area contributed by atoms with Crippen molar-refractivity contribution in [3.8, 4) is 5.75 Å². The minimum Gasteiger partial charge on any atom is -0.487 e. The Balaban J connectivity index is 1.62. The van der Waals surface area contributed by atoms with Crippen LogP contribution in [0.5, 0.6) is 5.75 Å². The fourth-order valence-corrected chi connectivity index (χ4v) is 2.87. The molecule has 0 saturated carbocycles. The van der Waals surface area contributed by atoms with E-state index in [0.29, 0.717) is 25.9 Å². The molecular formula is C18H20FNO6. The molecule has 0 aromatic heterocycles. The van der Waals surface area contributed by atoms with Crippen LogP contribution in [-0.2, 0) is 9.47 Å². The Morgan fingerprint density at radius 3 is 2.46 bits per heavy atom. The van der Waals surface area contributed by atoms with Crippen LogP contribution in [0.1, 0.15) is 54.3 Å². The number of ether oxygens (including phenoxy) is 3. The summed E-state index contributed by atoms with van der Waals surface area (Å²) < 4.78 is 29.9. The fourth-order valence-electron chi connectivity index (χ4n) is 2.87. The zero-order chi connectivity index (χ0) is 19.1. The van der Waals surface area contributed by atoms with Crippen molar-refractivity contribution >= 4 is 18.0 Å². The summed E-state index contributed by atoms with van der Waals surface area (Å²) in [6.07, 6.45) is 0.299. The third-order valence-corrected chi connectivity index (χ3v) is 4.10. The number of benzene rings is 1. The SMILES string of the molecule is CC(C)(C)OC(=O)N1CCC(Oc2ccc3c(c2F)C(=O)OC3=O)CC1. The van der Waals surface area contributed by atoms with E-state index in [1.165, 1.54) is 12.1 Å². The molecule has 1 aromatic rings. The standard InChI is InChI=1S/C18H20FNO6/c1-18(2,3)26-17(23)20-8-6-10(7-9-20)24-12-5-4-11-13(14(12)19)16(22)25-15(11)21/h4-5,10H,6-9H2,1-3H3. The molecule has 0 N–H and O–H groups in total. The van der Waals surface area contributed by atoms with Crippen LogP contribution in [0.3, 0.4) is 0 Å². The van der Waals surface area contributed by atoms with Crippen molar-refractivity contribution in [1.29, 1.82) is 0 Å². The number of nitrogens with zero attached hydrogens (tertiary/aromatic N) is 1. The Morgan fingerprint density at radius 1 is 1.19 bits per heavy atom. The molecule has 2 aliphatic rings. The first-order chi connectivity index (χ1) is 12.2. The number of halogens is 1. The van der Waals surface area contributed by atoms with Gasteiger partial charge >= 0.3 is 18.0 Å². The zero-order valence-electron chi connectivity index (χ0n) is 14.8. The maximum atomic E-state index is 14.5. The van der Waals surface area contributed by atoms with Crippen molar-refractivity contribution in [3.05, 3.63) is 29.1 Å². The van der Waals surface area contributed by atoms with Crippen molar-refractivity contribution in [3.63, 3.8) is 0 Å². The summed E-state index contributed by atoms with van der Waals surface area (Å²) in [5, 5.41) is 0. The first-order valence-electron chi connectivity index (χ1n) is 8.39. The average Bonchev–Trinajstić information content (AvgIpc) is 2.84. The van der Waals surface area contributed by atoms with Crippen molar-refractivity contribution in [2.75, 3.05) is 13.1 Å². The van der Waals surface area contributed by atoms with E-state index < -0.39 is 28.9 Å². The predicted octanol–water partition coefficient (Wildman–Crippen LogP) is 2.91. The lowest BCUT2D eigenvalue weighted by molar-refractivity contribution is 0.0122. The number of carbonyl (C=O) groups excluding carboxylic acids is 3. The van der Waals surface area contributed by atoms with E-state index in [9.17, 15) is 18.8 Å². The Bertz CT molecular complexity index is 762. The number of esters is 2. The summed E-state index contributed by atoms with van der Waals surface area (Å²) in [6, 6.07) is 2.63. The summed E-state index contributed by atoms with van der Waals surface area (Å²) in [7, 11) is 0. The average molecular weight is 365 g/mol. The van der Waals surface area contributed by atoms with Crippen LogP contribution in [-0.4, -0.2) is 47.7 Å². The van der Waals surface area contributed by atoms with E-state index in [2.05, 4.69) is 4.74 Å². The smallest absolute Gasteiger partial charge is 0.410 e. The molecule has 0 atom stereocenters. The van der Waals surface area contributed by atoms with Crippen LogP contribution >= 0.6 is 0 Å². The minimum absolute atomic E-state index is 0.0976. The molecule has 0 unspecified atom stereocenters. The van der Waals surface area contributed by atoms with Gasteiger partial charge in [-0.1, -0.05) is 0 Å². The van der Waals surface area contributed by atoms with Crippen LogP contribution in [0.15, 0.2) is 12.1 Å². The molecule has 1 aromatic carbocycles. The molecule has 1 saturated heterocycles. The molecule has 2 heterocycles. The van der Waals surface area contributed by atoms with E-state index in [-0.39, 0.29) is 23.5 Å². The molecule has 0 bridgehead atoms. The molecule has 8 heteroatoms.